The van der Waals surface area contributed by atoms with Gasteiger partial charge in [-0.15, -0.1) is 0 Å². The van der Waals surface area contributed by atoms with Crippen molar-refractivity contribution in [2.75, 3.05) is 78.8 Å². The zero-order valence-electron chi connectivity index (χ0n) is 35.8. The molecule has 0 radical (unpaired) electrons. The Kier molecular flexibility index (Phi) is 14.2. The summed E-state index contributed by atoms with van der Waals surface area (Å²) in [4.78, 5) is 17.7. The van der Waals surface area contributed by atoms with Gasteiger partial charge in [-0.25, -0.2) is 9.98 Å². The fraction of sp³-hybridized carbons (Fsp3) is 0.592. The number of nitrogens with one attached hydrogen (secondary N) is 1. The van der Waals surface area contributed by atoms with Crippen LogP contribution in [0.15, 0.2) is 88.8 Å². The van der Waals surface area contributed by atoms with Crippen molar-refractivity contribution in [1.29, 1.82) is 0 Å². The standard InChI is InChI=1S/C28H37N3O2.C21H31N3O2/c1-23-7-5-16-31(23)17-6-20-32-26-12-10-25(11-13-26)27-29-28(22-33-27)14-18-30(19-15-28)21-24-8-3-2-4-9-24;1-17-4-2-13-24(17)14-3-15-25-19-7-5-18(6-8-19)20-23-21(16-26-20)9-11-22-12-10-21/h2-4,8-13,23H,5-7,14-22H2,1H3;5-8,17,22H,2-4,9-16H2,1H3. The van der Waals surface area contributed by atoms with Gasteiger partial charge in [0.1, 0.15) is 35.8 Å². The SMILES string of the molecule is CC1CCCN1CCCOc1ccc(C2=NC3(CCN(Cc4ccccc4)CC3)CO2)cc1.CC1CCCN1CCCOc1ccc(C2=NC3(CCNCC3)CO2)cc1. The van der Waals surface area contributed by atoms with E-state index in [0.29, 0.717) is 6.61 Å². The van der Waals surface area contributed by atoms with Crippen molar-refractivity contribution in [2.45, 2.75) is 108 Å². The quantitative estimate of drug-likeness (QED) is 0.167. The Morgan fingerprint density at radius 2 is 1.12 bits per heavy atom. The van der Waals surface area contributed by atoms with Gasteiger partial charge in [0, 0.05) is 55.9 Å². The summed E-state index contributed by atoms with van der Waals surface area (Å²) in [5, 5.41) is 3.40. The molecule has 318 valence electrons. The highest BCUT2D eigenvalue weighted by Crippen LogP contribution is 2.34. The topological polar surface area (TPSA) is 83.4 Å². The number of piperidine rings is 2. The summed E-state index contributed by atoms with van der Waals surface area (Å²) < 4.78 is 23.9. The summed E-state index contributed by atoms with van der Waals surface area (Å²) in [5.74, 6) is 3.44. The van der Waals surface area contributed by atoms with Crippen LogP contribution in [0.25, 0.3) is 0 Å². The average Bonchev–Trinajstić information content (AvgIpc) is 4.09. The minimum atomic E-state index is -0.0512. The summed E-state index contributed by atoms with van der Waals surface area (Å²) in [6.45, 7) is 17.6. The van der Waals surface area contributed by atoms with Crippen molar-refractivity contribution in [3.63, 3.8) is 0 Å². The number of aliphatic imine (C=N–C) groups is 2. The Labute approximate surface area is 353 Å². The fourth-order valence-electron chi connectivity index (χ4n) is 9.59. The van der Waals surface area contributed by atoms with Crippen LogP contribution in [0.4, 0.5) is 0 Å². The van der Waals surface area contributed by atoms with Gasteiger partial charge in [-0.2, -0.15) is 0 Å². The second-order valence-corrected chi connectivity index (χ2v) is 17.9. The fourth-order valence-corrected chi connectivity index (χ4v) is 9.59. The van der Waals surface area contributed by atoms with E-state index < -0.39 is 0 Å². The molecular formula is C49H68N6O4. The van der Waals surface area contributed by atoms with E-state index in [9.17, 15) is 0 Å². The normalized spacial score (nSPS) is 24.0. The van der Waals surface area contributed by atoms with Gasteiger partial charge in [0.15, 0.2) is 0 Å². The molecule has 3 aromatic rings. The zero-order chi connectivity index (χ0) is 40.3. The predicted octanol–water partition coefficient (Wildman–Crippen LogP) is 7.59. The lowest BCUT2D eigenvalue weighted by Crippen LogP contribution is -2.43. The predicted molar refractivity (Wildman–Crippen MR) is 237 cm³/mol. The van der Waals surface area contributed by atoms with Gasteiger partial charge >= 0.3 is 0 Å². The van der Waals surface area contributed by atoms with Gasteiger partial charge in [0.2, 0.25) is 11.8 Å². The Balaban J connectivity index is 0.000000169. The first-order valence-corrected chi connectivity index (χ1v) is 22.8. The van der Waals surface area contributed by atoms with Crippen molar-refractivity contribution in [3.8, 4) is 11.5 Å². The van der Waals surface area contributed by atoms with E-state index in [1.54, 1.807) is 0 Å². The smallest absolute Gasteiger partial charge is 0.216 e. The second-order valence-electron chi connectivity index (χ2n) is 17.9. The molecule has 4 saturated heterocycles. The molecule has 0 amide bonds. The van der Waals surface area contributed by atoms with Gasteiger partial charge in [0.25, 0.3) is 0 Å². The molecule has 9 rings (SSSR count). The van der Waals surface area contributed by atoms with Crippen molar-refractivity contribution in [1.82, 2.24) is 20.0 Å². The molecule has 4 fully saturated rings. The Morgan fingerprint density at radius 1 is 0.627 bits per heavy atom. The zero-order valence-corrected chi connectivity index (χ0v) is 35.8. The first-order valence-electron chi connectivity index (χ1n) is 22.8. The maximum absolute atomic E-state index is 6.08. The third-order valence-electron chi connectivity index (χ3n) is 13.5. The maximum Gasteiger partial charge on any atom is 0.216 e. The number of hydrogen-bond donors (Lipinski definition) is 1. The van der Waals surface area contributed by atoms with Gasteiger partial charge < -0.3 is 34.1 Å². The summed E-state index contributed by atoms with van der Waals surface area (Å²) in [6.07, 6.45) is 11.7. The van der Waals surface area contributed by atoms with Crippen LogP contribution in [-0.2, 0) is 16.0 Å². The first-order chi connectivity index (χ1) is 28.9. The Morgan fingerprint density at radius 3 is 1.59 bits per heavy atom. The van der Waals surface area contributed by atoms with Gasteiger partial charge in [-0.3, -0.25) is 4.90 Å². The van der Waals surface area contributed by atoms with E-state index in [-0.39, 0.29) is 11.1 Å². The molecule has 1 N–H and O–H groups in total. The van der Waals surface area contributed by atoms with E-state index in [1.807, 2.05) is 24.3 Å². The number of rotatable bonds is 14. The summed E-state index contributed by atoms with van der Waals surface area (Å²) >= 11 is 0. The van der Waals surface area contributed by atoms with Crippen molar-refractivity contribution < 1.29 is 18.9 Å². The van der Waals surface area contributed by atoms with Crippen molar-refractivity contribution in [2.24, 2.45) is 9.98 Å². The van der Waals surface area contributed by atoms with E-state index in [4.69, 9.17) is 28.9 Å². The molecule has 6 heterocycles. The van der Waals surface area contributed by atoms with Crippen LogP contribution < -0.4 is 14.8 Å². The van der Waals surface area contributed by atoms with Gasteiger partial charge in [0.05, 0.1) is 13.2 Å². The Bertz CT molecular complexity index is 1800. The molecule has 0 saturated carbocycles. The molecule has 0 aromatic heterocycles. The van der Waals surface area contributed by atoms with Crippen LogP contribution in [0, 0.1) is 0 Å². The van der Waals surface area contributed by atoms with Crippen LogP contribution in [0.3, 0.4) is 0 Å². The largest absolute Gasteiger partial charge is 0.494 e. The van der Waals surface area contributed by atoms with E-state index >= 15 is 0 Å². The third-order valence-corrected chi connectivity index (χ3v) is 13.5. The lowest BCUT2D eigenvalue weighted by molar-refractivity contribution is 0.131. The molecule has 0 aliphatic carbocycles. The van der Waals surface area contributed by atoms with E-state index in [2.05, 4.69) is 88.5 Å². The molecule has 2 spiro atoms. The number of benzene rings is 3. The molecule has 2 unspecified atom stereocenters. The Hall–Kier alpha value is -3.96. The maximum atomic E-state index is 6.08. The highest BCUT2D eigenvalue weighted by atomic mass is 16.5. The lowest BCUT2D eigenvalue weighted by Gasteiger charge is -2.36. The second kappa shape index (κ2) is 20.1. The molecule has 2 atom stereocenters. The number of nitrogens with zero attached hydrogens (tertiary/aromatic N) is 5. The molecule has 59 heavy (non-hydrogen) atoms. The van der Waals surface area contributed by atoms with Gasteiger partial charge in [-0.05, 0) is 158 Å². The van der Waals surface area contributed by atoms with Crippen LogP contribution in [0.5, 0.6) is 11.5 Å². The lowest BCUT2D eigenvalue weighted by atomic mass is 9.89. The molecule has 10 heteroatoms. The van der Waals surface area contributed by atoms with E-state index in [1.165, 1.54) is 44.3 Å². The molecule has 3 aromatic carbocycles. The minimum Gasteiger partial charge on any atom is -0.494 e. The highest BCUT2D eigenvalue weighted by molar-refractivity contribution is 5.96. The monoisotopic (exact) mass is 805 g/mol. The van der Waals surface area contributed by atoms with Crippen molar-refractivity contribution >= 4 is 11.8 Å². The molecule has 6 aliphatic heterocycles. The van der Waals surface area contributed by atoms with E-state index in [0.717, 1.165) is 151 Å². The molecule has 6 aliphatic rings. The minimum absolute atomic E-state index is 0.00244. The van der Waals surface area contributed by atoms with Crippen LogP contribution in [-0.4, -0.2) is 128 Å². The molecular weight excluding hydrogens is 737 g/mol. The summed E-state index contributed by atoms with van der Waals surface area (Å²) in [6, 6.07) is 28.7. The third kappa shape index (κ3) is 11.3. The average molecular weight is 805 g/mol. The first kappa shape index (κ1) is 41.8. The van der Waals surface area contributed by atoms with Crippen LogP contribution in [0.2, 0.25) is 0 Å². The van der Waals surface area contributed by atoms with Crippen LogP contribution in [0.1, 0.15) is 94.7 Å². The highest BCUT2D eigenvalue weighted by Gasteiger charge is 2.40. The van der Waals surface area contributed by atoms with Crippen molar-refractivity contribution in [3.05, 3.63) is 95.6 Å². The molecule has 10 nitrogen and oxygen atoms in total. The van der Waals surface area contributed by atoms with Gasteiger partial charge in [-0.1, -0.05) is 30.3 Å². The summed E-state index contributed by atoms with van der Waals surface area (Å²) in [5.41, 5.74) is 3.44. The summed E-state index contributed by atoms with van der Waals surface area (Å²) in [7, 11) is 0. The number of hydrogen-bond acceptors (Lipinski definition) is 10. The number of ether oxygens (including phenoxy) is 4. The number of likely N-dealkylation sites (tertiary alicyclic amines) is 3. The van der Waals surface area contributed by atoms with Crippen LogP contribution >= 0.6 is 0 Å². The molecule has 0 bridgehead atoms.